The first kappa shape index (κ1) is 15.5. The zero-order chi connectivity index (χ0) is 14.5. The Balaban J connectivity index is 2.21. The number of rotatable bonds is 7. The molecule has 0 amide bonds. The van der Waals surface area contributed by atoms with Gasteiger partial charge in [0, 0.05) is 21.2 Å². The SMILES string of the molecule is CCCc1nnc(SCC(=O)O)n1Cc1cc(Br)cs1. The summed E-state index contributed by atoms with van der Waals surface area (Å²) in [6.07, 6.45) is 1.82. The fraction of sp³-hybridized carbons (Fsp3) is 0.417. The second-order valence-corrected chi connectivity index (χ2v) is 7.00. The van der Waals surface area contributed by atoms with E-state index >= 15 is 0 Å². The van der Waals surface area contributed by atoms with Crippen molar-refractivity contribution in [3.8, 4) is 0 Å². The summed E-state index contributed by atoms with van der Waals surface area (Å²) in [4.78, 5) is 11.9. The molecule has 0 spiro atoms. The van der Waals surface area contributed by atoms with E-state index in [4.69, 9.17) is 5.11 Å². The quantitative estimate of drug-likeness (QED) is 0.752. The molecule has 8 heteroatoms. The monoisotopic (exact) mass is 375 g/mol. The fourth-order valence-electron chi connectivity index (χ4n) is 1.71. The zero-order valence-electron chi connectivity index (χ0n) is 10.9. The van der Waals surface area contributed by atoms with E-state index in [1.165, 1.54) is 16.6 Å². The van der Waals surface area contributed by atoms with Gasteiger partial charge in [-0.2, -0.15) is 0 Å². The van der Waals surface area contributed by atoms with Crippen LogP contribution < -0.4 is 0 Å². The van der Waals surface area contributed by atoms with E-state index in [0.717, 1.165) is 23.1 Å². The molecule has 2 aromatic heterocycles. The number of aryl methyl sites for hydroxylation is 1. The van der Waals surface area contributed by atoms with Crippen molar-refractivity contribution in [3.05, 3.63) is 26.6 Å². The van der Waals surface area contributed by atoms with Crippen LogP contribution in [-0.4, -0.2) is 31.6 Å². The van der Waals surface area contributed by atoms with Crippen LogP contribution in [0.5, 0.6) is 0 Å². The first-order chi connectivity index (χ1) is 9.60. The Morgan fingerprint density at radius 3 is 2.95 bits per heavy atom. The Hall–Kier alpha value is -0.860. The van der Waals surface area contributed by atoms with E-state index < -0.39 is 5.97 Å². The molecule has 0 bridgehead atoms. The van der Waals surface area contributed by atoms with Gasteiger partial charge in [-0.1, -0.05) is 18.7 Å². The van der Waals surface area contributed by atoms with Crippen LogP contribution in [0.1, 0.15) is 24.0 Å². The molecule has 0 saturated heterocycles. The molecule has 0 radical (unpaired) electrons. The summed E-state index contributed by atoms with van der Waals surface area (Å²) in [6, 6.07) is 2.06. The van der Waals surface area contributed by atoms with Crippen molar-refractivity contribution in [2.75, 3.05) is 5.75 Å². The Bertz CT molecular complexity index is 597. The highest BCUT2D eigenvalue weighted by atomic mass is 79.9. The van der Waals surface area contributed by atoms with Gasteiger partial charge < -0.3 is 9.67 Å². The van der Waals surface area contributed by atoms with Gasteiger partial charge in [0.2, 0.25) is 0 Å². The highest BCUT2D eigenvalue weighted by Crippen LogP contribution is 2.24. The standard InChI is InChI=1S/C12H14BrN3O2S2/c1-2-3-10-14-15-12(20-7-11(17)18)16(10)5-9-4-8(13)6-19-9/h4,6H,2-3,5,7H2,1H3,(H,17,18). The van der Waals surface area contributed by atoms with E-state index in [1.54, 1.807) is 11.3 Å². The van der Waals surface area contributed by atoms with E-state index in [2.05, 4.69) is 39.1 Å². The summed E-state index contributed by atoms with van der Waals surface area (Å²) in [7, 11) is 0. The van der Waals surface area contributed by atoms with Crippen molar-refractivity contribution < 1.29 is 9.90 Å². The normalized spacial score (nSPS) is 10.9. The molecule has 0 saturated carbocycles. The summed E-state index contributed by atoms with van der Waals surface area (Å²) < 4.78 is 3.07. The molecule has 0 atom stereocenters. The van der Waals surface area contributed by atoms with Crippen LogP contribution in [0.15, 0.2) is 21.1 Å². The first-order valence-corrected chi connectivity index (χ1v) is 8.75. The number of thioether (sulfide) groups is 1. The summed E-state index contributed by atoms with van der Waals surface area (Å²) in [5.41, 5.74) is 0. The third-order valence-electron chi connectivity index (χ3n) is 2.53. The lowest BCUT2D eigenvalue weighted by Gasteiger charge is -2.07. The van der Waals surface area contributed by atoms with Gasteiger partial charge in [0.1, 0.15) is 5.82 Å². The number of hydrogen-bond acceptors (Lipinski definition) is 5. The topological polar surface area (TPSA) is 68.0 Å². The van der Waals surface area contributed by atoms with Gasteiger partial charge in [0.25, 0.3) is 0 Å². The number of carbonyl (C=O) groups is 1. The average molecular weight is 376 g/mol. The molecule has 108 valence electrons. The van der Waals surface area contributed by atoms with Crippen molar-refractivity contribution in [3.63, 3.8) is 0 Å². The fourth-order valence-corrected chi connectivity index (χ4v) is 3.83. The lowest BCUT2D eigenvalue weighted by Crippen LogP contribution is -2.07. The van der Waals surface area contributed by atoms with Crippen LogP contribution in [-0.2, 0) is 17.8 Å². The number of thiophene rings is 1. The van der Waals surface area contributed by atoms with Gasteiger partial charge in [-0.15, -0.1) is 21.5 Å². The van der Waals surface area contributed by atoms with Crippen molar-refractivity contribution in [2.45, 2.75) is 31.5 Å². The number of carboxylic acids is 1. The lowest BCUT2D eigenvalue weighted by molar-refractivity contribution is -0.133. The first-order valence-electron chi connectivity index (χ1n) is 6.09. The minimum absolute atomic E-state index is 0.00159. The van der Waals surface area contributed by atoms with Crippen LogP contribution in [0.3, 0.4) is 0 Å². The molecule has 2 rings (SSSR count). The van der Waals surface area contributed by atoms with Crippen molar-refractivity contribution >= 4 is 45.0 Å². The van der Waals surface area contributed by atoms with Gasteiger partial charge in [-0.25, -0.2) is 0 Å². The van der Waals surface area contributed by atoms with Crippen molar-refractivity contribution in [1.82, 2.24) is 14.8 Å². The minimum Gasteiger partial charge on any atom is -0.481 e. The molecule has 1 N–H and O–H groups in total. The number of nitrogens with zero attached hydrogens (tertiary/aromatic N) is 3. The Morgan fingerprint density at radius 1 is 1.55 bits per heavy atom. The maximum atomic E-state index is 10.7. The Labute approximate surface area is 133 Å². The molecular weight excluding hydrogens is 362 g/mol. The van der Waals surface area contributed by atoms with Gasteiger partial charge in [-0.05, 0) is 28.4 Å². The highest BCUT2D eigenvalue weighted by Gasteiger charge is 2.14. The van der Waals surface area contributed by atoms with Crippen LogP contribution in [0.25, 0.3) is 0 Å². The molecular formula is C12H14BrN3O2S2. The highest BCUT2D eigenvalue weighted by molar-refractivity contribution is 9.10. The third kappa shape index (κ3) is 4.07. The number of halogens is 1. The van der Waals surface area contributed by atoms with E-state index in [-0.39, 0.29) is 5.75 Å². The van der Waals surface area contributed by atoms with Gasteiger partial charge in [0.15, 0.2) is 5.16 Å². The van der Waals surface area contributed by atoms with Crippen LogP contribution in [0.4, 0.5) is 0 Å². The maximum absolute atomic E-state index is 10.7. The van der Waals surface area contributed by atoms with Crippen molar-refractivity contribution in [2.24, 2.45) is 0 Å². The van der Waals surface area contributed by atoms with Crippen molar-refractivity contribution in [1.29, 1.82) is 0 Å². The molecule has 2 heterocycles. The van der Waals surface area contributed by atoms with Gasteiger partial charge in [-0.3, -0.25) is 4.79 Å². The van der Waals surface area contributed by atoms with Crippen LogP contribution >= 0.6 is 39.0 Å². The summed E-state index contributed by atoms with van der Waals surface area (Å²) in [5, 5.41) is 19.8. The Kier molecular flexibility index (Phi) is 5.62. The lowest BCUT2D eigenvalue weighted by atomic mass is 10.3. The molecule has 0 aliphatic heterocycles. The third-order valence-corrected chi connectivity index (χ3v) is 5.16. The van der Waals surface area contributed by atoms with E-state index in [0.29, 0.717) is 11.7 Å². The summed E-state index contributed by atoms with van der Waals surface area (Å²) in [5.74, 6) is 0.0589. The number of hydrogen-bond donors (Lipinski definition) is 1. The molecule has 0 fully saturated rings. The summed E-state index contributed by atoms with van der Waals surface area (Å²) in [6.45, 7) is 2.77. The Morgan fingerprint density at radius 2 is 2.35 bits per heavy atom. The van der Waals surface area contributed by atoms with E-state index in [9.17, 15) is 4.79 Å². The average Bonchev–Trinajstić information content (AvgIpc) is 2.96. The number of carboxylic acid groups (broad SMARTS) is 1. The largest absolute Gasteiger partial charge is 0.481 e. The molecule has 0 unspecified atom stereocenters. The predicted octanol–water partition coefficient (Wildman–Crippen LogP) is 3.28. The number of aliphatic carboxylic acids is 1. The zero-order valence-corrected chi connectivity index (χ0v) is 14.1. The maximum Gasteiger partial charge on any atom is 0.313 e. The predicted molar refractivity (Wildman–Crippen MR) is 83.5 cm³/mol. The minimum atomic E-state index is -0.847. The number of aromatic nitrogens is 3. The second-order valence-electron chi connectivity index (χ2n) is 4.15. The van der Waals surface area contributed by atoms with Crippen LogP contribution in [0.2, 0.25) is 0 Å². The van der Waals surface area contributed by atoms with Crippen LogP contribution in [0, 0.1) is 0 Å². The molecule has 2 aromatic rings. The molecule has 20 heavy (non-hydrogen) atoms. The summed E-state index contributed by atoms with van der Waals surface area (Å²) >= 11 is 6.31. The van der Waals surface area contributed by atoms with Gasteiger partial charge >= 0.3 is 5.97 Å². The van der Waals surface area contributed by atoms with E-state index in [1.807, 2.05) is 9.95 Å². The second kappa shape index (κ2) is 7.24. The molecule has 0 aliphatic rings. The molecule has 0 aromatic carbocycles. The van der Waals surface area contributed by atoms with Gasteiger partial charge in [0.05, 0.1) is 12.3 Å². The molecule has 5 nitrogen and oxygen atoms in total. The molecule has 0 aliphatic carbocycles. The smallest absolute Gasteiger partial charge is 0.313 e.